The maximum Gasteiger partial charge on any atom is 0.256 e. The summed E-state index contributed by atoms with van der Waals surface area (Å²) in [5.74, 6) is 0.165. The normalized spacial score (nSPS) is 15.8. The maximum atomic E-state index is 13.2. The molecule has 45 heavy (non-hydrogen) atoms. The third kappa shape index (κ3) is 6.65. The molecule has 0 saturated heterocycles. The summed E-state index contributed by atoms with van der Waals surface area (Å²) in [7, 11) is 0. The van der Waals surface area contributed by atoms with Gasteiger partial charge in [0.2, 0.25) is 0 Å². The van der Waals surface area contributed by atoms with Gasteiger partial charge in [0.1, 0.15) is 11.9 Å². The van der Waals surface area contributed by atoms with Crippen molar-refractivity contribution in [3.8, 4) is 11.8 Å². The fraction of sp³-hybridized carbons (Fsp3) is 0.222. The molecule has 228 valence electrons. The molecule has 3 amide bonds. The fourth-order valence-electron chi connectivity index (χ4n) is 5.64. The molecule has 0 fully saturated rings. The van der Waals surface area contributed by atoms with Crippen molar-refractivity contribution in [2.45, 2.75) is 46.3 Å². The number of carbonyl (C=O) groups is 3. The molecule has 4 aromatic rings. The number of amides is 3. The number of nitrogens with zero attached hydrogens (tertiary/aromatic N) is 1. The standard InChI is InChI=1S/C34H32N4O4.C2H3N/c1-19-29(36-21(3)31(19)34(41)35-18-25-15-23-11-7-8-12-30(23)42-25)17-27-26-16-24(13-14-28(26)38-33(27)40)32(39)37-20(2)22-9-5-4-6-10-22;1-2-3/h4-14,16-17,20,25,36H,15,18H2,1-3H3,(H,35,41)(H,37,39)(H,38,40);1H3/b27-17-;. The van der Waals surface area contributed by atoms with Crippen molar-refractivity contribution in [1.82, 2.24) is 15.6 Å². The molecular formula is C36H35N5O4. The highest BCUT2D eigenvalue weighted by molar-refractivity contribution is 6.35. The number of rotatable bonds is 7. The van der Waals surface area contributed by atoms with Gasteiger partial charge in [-0.15, -0.1) is 0 Å². The van der Waals surface area contributed by atoms with E-state index < -0.39 is 0 Å². The number of para-hydroxylation sites is 1. The lowest BCUT2D eigenvalue weighted by Crippen LogP contribution is -2.34. The van der Waals surface area contributed by atoms with E-state index in [1.165, 1.54) is 6.92 Å². The second-order valence-electron chi connectivity index (χ2n) is 11.0. The maximum absolute atomic E-state index is 13.2. The van der Waals surface area contributed by atoms with Crippen LogP contribution in [0.3, 0.4) is 0 Å². The molecular weight excluding hydrogens is 566 g/mol. The zero-order chi connectivity index (χ0) is 32.1. The van der Waals surface area contributed by atoms with Crippen LogP contribution in [0.15, 0.2) is 72.8 Å². The lowest BCUT2D eigenvalue weighted by molar-refractivity contribution is -0.110. The van der Waals surface area contributed by atoms with Gasteiger partial charge in [0.25, 0.3) is 17.7 Å². The van der Waals surface area contributed by atoms with Crippen LogP contribution in [0.25, 0.3) is 11.6 Å². The molecule has 1 aromatic heterocycles. The number of H-pyrrole nitrogens is 1. The highest BCUT2D eigenvalue weighted by Crippen LogP contribution is 2.35. The SMILES string of the molecule is CC#N.Cc1[nH]c(/C=C2\C(=O)Nc3ccc(C(=O)NC(C)c4ccccc4)cc32)c(C)c1C(=O)NCC1Cc2ccccc2O1. The van der Waals surface area contributed by atoms with Gasteiger partial charge in [-0.1, -0.05) is 48.5 Å². The van der Waals surface area contributed by atoms with E-state index >= 15 is 0 Å². The quantitative estimate of drug-likeness (QED) is 0.196. The minimum absolute atomic E-state index is 0.117. The zero-order valence-electron chi connectivity index (χ0n) is 25.7. The van der Waals surface area contributed by atoms with Crippen molar-refractivity contribution in [1.29, 1.82) is 5.26 Å². The molecule has 0 radical (unpaired) electrons. The Morgan fingerprint density at radius 2 is 1.78 bits per heavy atom. The predicted molar refractivity (Wildman–Crippen MR) is 174 cm³/mol. The minimum atomic E-state index is -0.268. The third-order valence-electron chi connectivity index (χ3n) is 7.91. The van der Waals surface area contributed by atoms with Crippen molar-refractivity contribution in [3.05, 3.63) is 118 Å². The Hall–Kier alpha value is -5.62. The fourth-order valence-corrected chi connectivity index (χ4v) is 5.64. The van der Waals surface area contributed by atoms with Gasteiger partial charge in [-0.25, -0.2) is 0 Å². The number of nitrogens with one attached hydrogen (secondary N) is 4. The van der Waals surface area contributed by atoms with E-state index in [1.54, 1.807) is 30.3 Å². The van der Waals surface area contributed by atoms with Crippen LogP contribution in [0.2, 0.25) is 0 Å². The van der Waals surface area contributed by atoms with Crippen LogP contribution in [0.4, 0.5) is 5.69 Å². The lowest BCUT2D eigenvalue weighted by atomic mass is 10.0. The number of aromatic nitrogens is 1. The molecule has 0 spiro atoms. The van der Waals surface area contributed by atoms with Crippen molar-refractivity contribution in [2.24, 2.45) is 0 Å². The van der Waals surface area contributed by atoms with Crippen molar-refractivity contribution < 1.29 is 19.1 Å². The Morgan fingerprint density at radius 1 is 1.07 bits per heavy atom. The number of aryl methyl sites for hydroxylation is 1. The first-order valence-electron chi connectivity index (χ1n) is 14.8. The van der Waals surface area contributed by atoms with Gasteiger partial charge in [-0.05, 0) is 67.8 Å². The Bertz CT molecular complexity index is 1810. The number of benzene rings is 3. The number of nitriles is 1. The van der Waals surface area contributed by atoms with Crippen LogP contribution in [0.5, 0.6) is 5.75 Å². The van der Waals surface area contributed by atoms with Gasteiger partial charge in [-0.2, -0.15) is 5.26 Å². The van der Waals surface area contributed by atoms with Crippen LogP contribution in [0.1, 0.15) is 74.2 Å². The summed E-state index contributed by atoms with van der Waals surface area (Å²) in [6.07, 6.45) is 2.37. The second-order valence-corrected chi connectivity index (χ2v) is 11.0. The molecule has 4 N–H and O–H groups in total. The molecule has 2 aliphatic heterocycles. The van der Waals surface area contributed by atoms with Crippen LogP contribution in [-0.2, 0) is 11.2 Å². The third-order valence-corrected chi connectivity index (χ3v) is 7.91. The molecule has 6 rings (SSSR count). The number of hydrogen-bond donors (Lipinski definition) is 4. The average molecular weight is 602 g/mol. The van der Waals surface area contributed by atoms with Crippen molar-refractivity contribution in [3.63, 3.8) is 0 Å². The van der Waals surface area contributed by atoms with E-state index in [4.69, 9.17) is 10.00 Å². The summed E-state index contributed by atoms with van der Waals surface area (Å²) in [6, 6.07) is 24.4. The Labute approximate surface area is 262 Å². The van der Waals surface area contributed by atoms with E-state index in [1.807, 2.05) is 75.4 Å². The van der Waals surface area contributed by atoms with E-state index in [9.17, 15) is 14.4 Å². The summed E-state index contributed by atoms with van der Waals surface area (Å²) in [4.78, 5) is 42.5. The molecule has 3 heterocycles. The summed E-state index contributed by atoms with van der Waals surface area (Å²) >= 11 is 0. The Balaban J connectivity index is 0.00000128. The van der Waals surface area contributed by atoms with Crippen molar-refractivity contribution >= 4 is 35.1 Å². The number of anilines is 1. The van der Waals surface area contributed by atoms with E-state index in [2.05, 4.69) is 20.9 Å². The summed E-state index contributed by atoms with van der Waals surface area (Å²) in [5.41, 5.74) is 6.93. The Kier molecular flexibility index (Phi) is 9.14. The van der Waals surface area contributed by atoms with Gasteiger partial charge in [-0.3, -0.25) is 14.4 Å². The van der Waals surface area contributed by atoms with Crippen LogP contribution < -0.4 is 20.7 Å². The van der Waals surface area contributed by atoms with Gasteiger partial charge in [0.15, 0.2) is 0 Å². The predicted octanol–water partition coefficient (Wildman–Crippen LogP) is 5.88. The molecule has 9 heteroatoms. The van der Waals surface area contributed by atoms with Gasteiger partial charge >= 0.3 is 0 Å². The Morgan fingerprint density at radius 3 is 2.51 bits per heavy atom. The molecule has 0 bridgehead atoms. The number of carbonyl (C=O) groups excluding carboxylic acids is 3. The number of ether oxygens (including phenoxy) is 1. The number of fused-ring (bicyclic) bond motifs is 2. The largest absolute Gasteiger partial charge is 0.488 e. The van der Waals surface area contributed by atoms with E-state index in [-0.39, 0.29) is 29.9 Å². The molecule has 3 aromatic carbocycles. The lowest BCUT2D eigenvalue weighted by Gasteiger charge is -2.14. The first-order chi connectivity index (χ1) is 21.7. The molecule has 9 nitrogen and oxygen atoms in total. The molecule has 0 aliphatic carbocycles. The highest BCUT2D eigenvalue weighted by Gasteiger charge is 2.28. The monoisotopic (exact) mass is 601 g/mol. The minimum Gasteiger partial charge on any atom is -0.488 e. The van der Waals surface area contributed by atoms with E-state index in [0.717, 1.165) is 28.9 Å². The van der Waals surface area contributed by atoms with E-state index in [0.29, 0.717) is 45.9 Å². The number of hydrogen-bond acceptors (Lipinski definition) is 5. The first kappa shape index (κ1) is 30.8. The van der Waals surface area contributed by atoms with Gasteiger partial charge < -0.3 is 25.7 Å². The topological polar surface area (TPSA) is 136 Å². The van der Waals surface area contributed by atoms with Crippen LogP contribution in [-0.4, -0.2) is 35.4 Å². The first-order valence-corrected chi connectivity index (χ1v) is 14.8. The second kappa shape index (κ2) is 13.3. The highest BCUT2D eigenvalue weighted by atomic mass is 16.5. The average Bonchev–Trinajstić information content (AvgIpc) is 3.68. The molecule has 0 saturated carbocycles. The van der Waals surface area contributed by atoms with Crippen LogP contribution in [0, 0.1) is 25.2 Å². The van der Waals surface area contributed by atoms with Crippen molar-refractivity contribution in [2.75, 3.05) is 11.9 Å². The molecule has 2 atom stereocenters. The number of aromatic amines is 1. The zero-order valence-corrected chi connectivity index (χ0v) is 25.7. The van der Waals surface area contributed by atoms with Gasteiger partial charge in [0.05, 0.1) is 29.8 Å². The summed E-state index contributed by atoms with van der Waals surface area (Å²) in [6.45, 7) is 7.44. The van der Waals surface area contributed by atoms with Gasteiger partial charge in [0, 0.05) is 41.5 Å². The molecule has 2 unspecified atom stereocenters. The smallest absolute Gasteiger partial charge is 0.256 e. The molecule has 2 aliphatic rings. The van der Waals surface area contributed by atoms with Crippen LogP contribution >= 0.6 is 0 Å². The summed E-state index contributed by atoms with van der Waals surface area (Å²) < 4.78 is 5.96. The summed E-state index contributed by atoms with van der Waals surface area (Å²) in [5, 5.41) is 16.2.